The fourth-order valence-electron chi connectivity index (χ4n) is 4.07. The van der Waals surface area contributed by atoms with Gasteiger partial charge in [-0.15, -0.1) is 0 Å². The number of ether oxygens (including phenoxy) is 3. The zero-order chi connectivity index (χ0) is 24.1. The van der Waals surface area contributed by atoms with Gasteiger partial charge >= 0.3 is 0 Å². The molecule has 1 N–H and O–H groups in total. The van der Waals surface area contributed by atoms with Crippen LogP contribution in [0.2, 0.25) is 5.02 Å². The van der Waals surface area contributed by atoms with E-state index in [-0.39, 0.29) is 11.2 Å². The van der Waals surface area contributed by atoms with Gasteiger partial charge in [0, 0.05) is 25.2 Å². The summed E-state index contributed by atoms with van der Waals surface area (Å²) < 4.78 is 22.9. The van der Waals surface area contributed by atoms with Crippen molar-refractivity contribution in [2.75, 3.05) is 53.6 Å². The molecule has 2 aromatic carbocycles. The molecule has 1 aliphatic rings. The first kappa shape index (κ1) is 25.0. The van der Waals surface area contributed by atoms with Crippen LogP contribution in [-0.4, -0.2) is 58.5 Å². The van der Waals surface area contributed by atoms with Gasteiger partial charge in [-0.25, -0.2) is 0 Å². The van der Waals surface area contributed by atoms with Crippen molar-refractivity contribution in [1.29, 1.82) is 0 Å². The fourth-order valence-corrected chi connectivity index (χ4v) is 4.91. The van der Waals surface area contributed by atoms with E-state index in [9.17, 15) is 4.79 Å². The number of fused-ring (bicyclic) bond motifs is 1. The first-order valence-electron chi connectivity index (χ1n) is 11.2. The van der Waals surface area contributed by atoms with Gasteiger partial charge in [0.1, 0.15) is 5.75 Å². The largest absolute Gasteiger partial charge is 0.495 e. The number of benzene rings is 2. The van der Waals surface area contributed by atoms with Crippen molar-refractivity contribution in [3.05, 3.63) is 55.6 Å². The molecule has 0 radical (unpaired) electrons. The normalized spacial score (nSPS) is 14.5. The van der Waals surface area contributed by atoms with Crippen LogP contribution in [0.25, 0.3) is 22.3 Å². The van der Waals surface area contributed by atoms with Crippen molar-refractivity contribution in [2.24, 2.45) is 0 Å². The molecule has 1 fully saturated rings. The Morgan fingerprint density at radius 1 is 1.15 bits per heavy atom. The number of nitrogens with one attached hydrogen (secondary N) is 1. The van der Waals surface area contributed by atoms with Gasteiger partial charge in [-0.1, -0.05) is 11.6 Å². The van der Waals surface area contributed by atoms with Gasteiger partial charge in [-0.2, -0.15) is 0 Å². The molecule has 0 unspecified atom stereocenters. The lowest BCUT2D eigenvalue weighted by Gasteiger charge is -2.26. The molecule has 1 saturated heterocycles. The van der Waals surface area contributed by atoms with E-state index in [1.807, 2.05) is 12.1 Å². The number of halogens is 2. The lowest BCUT2D eigenvalue weighted by Crippen LogP contribution is -2.37. The highest BCUT2D eigenvalue weighted by molar-refractivity contribution is 9.10. The van der Waals surface area contributed by atoms with Crippen molar-refractivity contribution < 1.29 is 18.6 Å². The van der Waals surface area contributed by atoms with Crippen molar-refractivity contribution in [3.8, 4) is 22.8 Å². The fraction of sp³-hybridized carbons (Fsp3) is 0.400. The minimum absolute atomic E-state index is 0.135. The molecular formula is C25H28BrClN2O5. The van der Waals surface area contributed by atoms with Crippen LogP contribution in [-0.2, 0) is 11.3 Å². The van der Waals surface area contributed by atoms with Gasteiger partial charge < -0.3 is 23.9 Å². The molecule has 0 saturated carbocycles. The number of morpholine rings is 1. The minimum atomic E-state index is -0.236. The van der Waals surface area contributed by atoms with Crippen LogP contribution in [0.1, 0.15) is 12.0 Å². The Balaban J connectivity index is 1.54. The average Bonchev–Trinajstić information content (AvgIpc) is 2.85. The minimum Gasteiger partial charge on any atom is -0.495 e. The summed E-state index contributed by atoms with van der Waals surface area (Å²) >= 11 is 9.87. The Labute approximate surface area is 212 Å². The van der Waals surface area contributed by atoms with Crippen LogP contribution in [0.5, 0.6) is 11.5 Å². The van der Waals surface area contributed by atoms with Gasteiger partial charge in [-0.05, 0) is 71.3 Å². The maximum Gasteiger partial charge on any atom is 0.235 e. The summed E-state index contributed by atoms with van der Waals surface area (Å²) in [5.41, 5.74) is 1.84. The Bertz CT molecular complexity index is 1210. The molecule has 1 aliphatic heterocycles. The van der Waals surface area contributed by atoms with E-state index in [1.165, 1.54) is 7.11 Å². The molecular weight excluding hydrogens is 524 g/mol. The Morgan fingerprint density at radius 3 is 2.65 bits per heavy atom. The molecule has 34 heavy (non-hydrogen) atoms. The molecule has 3 aromatic rings. The smallest absolute Gasteiger partial charge is 0.235 e. The van der Waals surface area contributed by atoms with Crippen molar-refractivity contribution in [2.45, 2.75) is 13.0 Å². The van der Waals surface area contributed by atoms with Crippen molar-refractivity contribution in [3.63, 3.8) is 0 Å². The second-order valence-electron chi connectivity index (χ2n) is 8.08. The summed E-state index contributed by atoms with van der Waals surface area (Å²) in [4.78, 5) is 15.7. The van der Waals surface area contributed by atoms with Crippen molar-refractivity contribution in [1.82, 2.24) is 10.2 Å². The highest BCUT2D eigenvalue weighted by atomic mass is 79.9. The number of nitrogens with zero attached hydrogens (tertiary/aromatic N) is 1. The van der Waals surface area contributed by atoms with E-state index in [1.54, 1.807) is 25.3 Å². The predicted molar refractivity (Wildman–Crippen MR) is 137 cm³/mol. The van der Waals surface area contributed by atoms with E-state index in [4.69, 9.17) is 30.2 Å². The van der Waals surface area contributed by atoms with Gasteiger partial charge in [0.2, 0.25) is 11.2 Å². The van der Waals surface area contributed by atoms with Crippen LogP contribution in [0.4, 0.5) is 0 Å². The lowest BCUT2D eigenvalue weighted by molar-refractivity contribution is 0.0374. The Kier molecular flexibility index (Phi) is 8.50. The maximum absolute atomic E-state index is 13.3. The van der Waals surface area contributed by atoms with Crippen LogP contribution in [0.15, 0.2) is 44.0 Å². The van der Waals surface area contributed by atoms with Crippen LogP contribution in [0.3, 0.4) is 0 Å². The second-order valence-corrected chi connectivity index (χ2v) is 9.34. The molecule has 9 heteroatoms. The maximum atomic E-state index is 13.3. The SMILES string of the molecule is COc1ccc(-c2oc3c(Br)cc(CNCCCN4CCOCC4)cc3c(=O)c2OC)cc1Cl. The van der Waals surface area contributed by atoms with Crippen LogP contribution in [0, 0.1) is 0 Å². The number of rotatable bonds is 9. The molecule has 1 aromatic heterocycles. The number of hydrogen-bond donors (Lipinski definition) is 1. The highest BCUT2D eigenvalue weighted by Crippen LogP contribution is 2.37. The number of hydrogen-bond acceptors (Lipinski definition) is 7. The molecule has 7 nitrogen and oxygen atoms in total. The van der Waals surface area contributed by atoms with Crippen LogP contribution < -0.4 is 20.2 Å². The Hall–Kier alpha value is -2.10. The molecule has 2 heterocycles. The number of methoxy groups -OCH3 is 2. The summed E-state index contributed by atoms with van der Waals surface area (Å²) in [5, 5.41) is 4.34. The third-order valence-electron chi connectivity index (χ3n) is 5.84. The first-order chi connectivity index (χ1) is 16.5. The molecule has 182 valence electrons. The third-order valence-corrected chi connectivity index (χ3v) is 6.73. The molecule has 0 amide bonds. The molecule has 0 aliphatic carbocycles. The quantitative estimate of drug-likeness (QED) is 0.386. The summed E-state index contributed by atoms with van der Waals surface area (Å²) in [6, 6.07) is 9.02. The van der Waals surface area contributed by atoms with Crippen molar-refractivity contribution >= 4 is 38.5 Å². The molecule has 0 bridgehead atoms. The monoisotopic (exact) mass is 550 g/mol. The molecule has 4 rings (SSSR count). The highest BCUT2D eigenvalue weighted by Gasteiger charge is 2.20. The summed E-state index contributed by atoms with van der Waals surface area (Å²) in [5.74, 6) is 0.992. The summed E-state index contributed by atoms with van der Waals surface area (Å²) in [6.45, 7) is 6.23. The standard InChI is InChI=1S/C25H28BrClN2O5/c1-31-21-5-4-17(14-20(21)27)23-25(32-2)22(30)18-12-16(13-19(26)24(18)34-23)15-28-6-3-7-29-8-10-33-11-9-29/h4-5,12-14,28H,3,6-11,15H2,1-2H3. The zero-order valence-corrected chi connectivity index (χ0v) is 21.6. The topological polar surface area (TPSA) is 73.2 Å². The Morgan fingerprint density at radius 2 is 1.94 bits per heavy atom. The first-order valence-corrected chi connectivity index (χ1v) is 12.4. The van der Waals surface area contributed by atoms with E-state index in [0.717, 1.165) is 51.4 Å². The second kappa shape index (κ2) is 11.6. The van der Waals surface area contributed by atoms with Gasteiger partial charge in [0.15, 0.2) is 11.3 Å². The lowest BCUT2D eigenvalue weighted by atomic mass is 10.1. The van der Waals surface area contributed by atoms with E-state index >= 15 is 0 Å². The predicted octanol–water partition coefficient (Wildman–Crippen LogP) is 4.71. The van der Waals surface area contributed by atoms with Gasteiger partial charge in [0.25, 0.3) is 0 Å². The summed E-state index contributed by atoms with van der Waals surface area (Å²) in [7, 11) is 3.01. The van der Waals surface area contributed by atoms with E-state index in [2.05, 4.69) is 26.1 Å². The summed E-state index contributed by atoms with van der Waals surface area (Å²) in [6.07, 6.45) is 1.05. The van der Waals surface area contributed by atoms with Crippen LogP contribution >= 0.6 is 27.5 Å². The van der Waals surface area contributed by atoms with Gasteiger partial charge in [-0.3, -0.25) is 9.69 Å². The zero-order valence-electron chi connectivity index (χ0n) is 19.3. The third kappa shape index (κ3) is 5.58. The van der Waals surface area contributed by atoms with E-state index in [0.29, 0.717) is 44.1 Å². The van der Waals surface area contributed by atoms with Gasteiger partial charge in [0.05, 0.1) is 42.3 Å². The molecule has 0 spiro atoms. The van der Waals surface area contributed by atoms with E-state index < -0.39 is 0 Å². The molecule has 0 atom stereocenters. The average molecular weight is 552 g/mol.